The van der Waals surface area contributed by atoms with Crippen LogP contribution in [-0.2, 0) is 9.53 Å². The van der Waals surface area contributed by atoms with Crippen LogP contribution in [0.3, 0.4) is 0 Å². The Labute approximate surface area is 121 Å². The normalized spacial score (nSPS) is 19.1. The summed E-state index contributed by atoms with van der Waals surface area (Å²) < 4.78 is 10.9. The molecule has 2 heterocycles. The first-order valence-corrected chi connectivity index (χ1v) is 6.99. The number of benzene rings is 1. The molecule has 3 aliphatic rings. The molecule has 0 spiro atoms. The van der Waals surface area contributed by atoms with Crippen LogP contribution in [0.4, 0.5) is 0 Å². The summed E-state index contributed by atoms with van der Waals surface area (Å²) in [6, 6.07) is 1.73. The molecular formula is C17H14O4. The molecule has 0 aromatic heterocycles. The van der Waals surface area contributed by atoms with Gasteiger partial charge >= 0.3 is 5.97 Å². The van der Waals surface area contributed by atoms with E-state index in [1.807, 2.05) is 18.2 Å². The third-order valence-electron chi connectivity index (χ3n) is 4.01. The van der Waals surface area contributed by atoms with Crippen molar-refractivity contribution in [2.75, 3.05) is 13.2 Å². The second-order valence-corrected chi connectivity index (χ2v) is 5.31. The number of phenolic OH excluding ortho intramolecular Hbond substituents is 1. The van der Waals surface area contributed by atoms with Gasteiger partial charge in [0.05, 0.1) is 13.0 Å². The second-order valence-electron chi connectivity index (χ2n) is 5.31. The zero-order valence-corrected chi connectivity index (χ0v) is 11.4. The molecule has 0 atom stereocenters. The quantitative estimate of drug-likeness (QED) is 0.721. The molecular weight excluding hydrogens is 268 g/mol. The van der Waals surface area contributed by atoms with Crippen molar-refractivity contribution in [3.05, 3.63) is 39.8 Å². The van der Waals surface area contributed by atoms with Gasteiger partial charge in [0.25, 0.3) is 0 Å². The molecule has 2 aliphatic heterocycles. The number of hydrogen-bond donors (Lipinski definition) is 1. The fourth-order valence-electron chi connectivity index (χ4n) is 3.07. The summed E-state index contributed by atoms with van der Waals surface area (Å²) in [4.78, 5) is 11.5. The summed E-state index contributed by atoms with van der Waals surface area (Å²) >= 11 is 0. The predicted octanol–water partition coefficient (Wildman–Crippen LogP) is 1.01. The zero-order valence-electron chi connectivity index (χ0n) is 11.4. The van der Waals surface area contributed by atoms with Gasteiger partial charge in [-0.3, -0.25) is 4.79 Å². The van der Waals surface area contributed by atoms with Crippen LogP contribution in [0.25, 0.3) is 17.7 Å². The van der Waals surface area contributed by atoms with E-state index in [-0.39, 0.29) is 24.7 Å². The molecule has 106 valence electrons. The minimum atomic E-state index is -0.233. The Kier molecular flexibility index (Phi) is 2.64. The second kappa shape index (κ2) is 4.52. The lowest BCUT2D eigenvalue weighted by molar-refractivity contribution is -0.142. The lowest BCUT2D eigenvalue weighted by atomic mass is 9.96. The van der Waals surface area contributed by atoms with E-state index in [9.17, 15) is 9.90 Å². The Morgan fingerprint density at radius 1 is 1.24 bits per heavy atom. The van der Waals surface area contributed by atoms with Crippen molar-refractivity contribution >= 4 is 23.7 Å². The Hall–Kier alpha value is -2.49. The highest BCUT2D eigenvalue weighted by Gasteiger charge is 2.24. The summed E-state index contributed by atoms with van der Waals surface area (Å²) in [5.41, 5.74) is 2.63. The molecule has 21 heavy (non-hydrogen) atoms. The van der Waals surface area contributed by atoms with E-state index < -0.39 is 0 Å². The molecule has 0 unspecified atom stereocenters. The van der Waals surface area contributed by atoms with Crippen LogP contribution in [0.2, 0.25) is 0 Å². The topological polar surface area (TPSA) is 55.8 Å². The maximum absolute atomic E-state index is 11.5. The summed E-state index contributed by atoms with van der Waals surface area (Å²) in [5.74, 6) is 0.768. The smallest absolute Gasteiger partial charge is 0.310 e. The van der Waals surface area contributed by atoms with Crippen LogP contribution in [-0.4, -0.2) is 24.3 Å². The lowest BCUT2D eigenvalue weighted by Gasteiger charge is -2.20. The van der Waals surface area contributed by atoms with E-state index in [0.29, 0.717) is 6.61 Å². The molecule has 1 saturated heterocycles. The molecule has 1 aliphatic carbocycles. The van der Waals surface area contributed by atoms with E-state index >= 15 is 0 Å². The average Bonchev–Trinajstić information content (AvgIpc) is 2.67. The molecule has 0 radical (unpaired) electrons. The van der Waals surface area contributed by atoms with Crippen molar-refractivity contribution in [3.8, 4) is 11.5 Å². The van der Waals surface area contributed by atoms with Crippen molar-refractivity contribution in [3.63, 3.8) is 0 Å². The average molecular weight is 282 g/mol. The number of cyclic esters (lactones) is 1. The maximum Gasteiger partial charge on any atom is 0.310 e. The number of phenols is 1. The molecule has 1 N–H and O–H groups in total. The van der Waals surface area contributed by atoms with E-state index in [1.165, 1.54) is 0 Å². The number of aromatic hydroxyl groups is 1. The van der Waals surface area contributed by atoms with Gasteiger partial charge in [0.2, 0.25) is 0 Å². The predicted molar refractivity (Wildman–Crippen MR) is 78.0 cm³/mol. The lowest BCUT2D eigenvalue weighted by Crippen LogP contribution is -2.27. The van der Waals surface area contributed by atoms with Crippen LogP contribution in [0, 0.1) is 0 Å². The molecule has 4 nitrogen and oxygen atoms in total. The Morgan fingerprint density at radius 2 is 2.14 bits per heavy atom. The van der Waals surface area contributed by atoms with E-state index in [1.54, 1.807) is 6.07 Å². The third-order valence-corrected chi connectivity index (χ3v) is 4.01. The summed E-state index contributed by atoms with van der Waals surface area (Å²) in [6.07, 6.45) is 8.88. The maximum atomic E-state index is 11.5. The summed E-state index contributed by atoms with van der Waals surface area (Å²) in [7, 11) is 0. The molecule has 1 aromatic carbocycles. The van der Waals surface area contributed by atoms with Crippen LogP contribution in [0.1, 0.15) is 18.4 Å². The van der Waals surface area contributed by atoms with Crippen LogP contribution in [0.15, 0.2) is 23.8 Å². The highest BCUT2D eigenvalue weighted by Crippen LogP contribution is 2.28. The van der Waals surface area contributed by atoms with E-state index in [4.69, 9.17) is 9.47 Å². The van der Waals surface area contributed by atoms with Gasteiger partial charge < -0.3 is 14.6 Å². The Balaban J connectivity index is 2.09. The van der Waals surface area contributed by atoms with E-state index in [0.717, 1.165) is 39.3 Å². The highest BCUT2D eigenvalue weighted by atomic mass is 16.5. The summed E-state index contributed by atoms with van der Waals surface area (Å²) in [6.45, 7) is 0.831. The van der Waals surface area contributed by atoms with Gasteiger partial charge in [-0.15, -0.1) is 0 Å². The van der Waals surface area contributed by atoms with Gasteiger partial charge in [-0.1, -0.05) is 24.3 Å². The van der Waals surface area contributed by atoms with Crippen LogP contribution >= 0.6 is 0 Å². The van der Waals surface area contributed by atoms with Crippen molar-refractivity contribution in [1.82, 2.24) is 0 Å². The third kappa shape index (κ3) is 1.87. The minimum Gasteiger partial charge on any atom is -0.507 e. The fraction of sp³-hybridized carbons (Fsp3) is 0.235. The zero-order chi connectivity index (χ0) is 14.4. The first-order chi connectivity index (χ1) is 10.2. The van der Waals surface area contributed by atoms with Gasteiger partial charge in [0, 0.05) is 28.0 Å². The van der Waals surface area contributed by atoms with Crippen molar-refractivity contribution in [2.45, 2.75) is 12.8 Å². The van der Waals surface area contributed by atoms with E-state index in [2.05, 4.69) is 6.08 Å². The van der Waals surface area contributed by atoms with Gasteiger partial charge in [0.15, 0.2) is 0 Å². The number of carbonyl (C=O) groups is 1. The number of allylic oxidation sites excluding steroid dienone is 2. The number of ether oxygens (including phenoxy) is 2. The Morgan fingerprint density at radius 3 is 3.05 bits per heavy atom. The fourth-order valence-corrected chi connectivity index (χ4v) is 3.07. The molecule has 4 heteroatoms. The largest absolute Gasteiger partial charge is 0.507 e. The molecule has 0 bridgehead atoms. The van der Waals surface area contributed by atoms with Gasteiger partial charge in [-0.05, 0) is 11.6 Å². The highest BCUT2D eigenvalue weighted by molar-refractivity contribution is 5.87. The van der Waals surface area contributed by atoms with Gasteiger partial charge in [-0.25, -0.2) is 0 Å². The first kappa shape index (κ1) is 12.3. The van der Waals surface area contributed by atoms with Gasteiger partial charge in [0.1, 0.15) is 18.1 Å². The summed E-state index contributed by atoms with van der Waals surface area (Å²) in [5, 5.41) is 12.1. The van der Waals surface area contributed by atoms with Crippen molar-refractivity contribution in [2.24, 2.45) is 0 Å². The molecule has 4 rings (SSSR count). The number of fused-ring (bicyclic) bond motifs is 4. The number of esters is 1. The van der Waals surface area contributed by atoms with Gasteiger partial charge in [-0.2, -0.15) is 0 Å². The van der Waals surface area contributed by atoms with Crippen molar-refractivity contribution < 1.29 is 19.4 Å². The Bertz CT molecular complexity index is 827. The standard InChI is InChI=1S/C17H14O4/c18-14-7-11-4-2-6-20-17(11)12-5-1-3-10-8-15(19)21-9-13(10)16(12)14/h1,3-5,7,18H,2,6,8-9H2. The number of carbonyl (C=O) groups excluding carboxylic acids is 1. The first-order valence-electron chi connectivity index (χ1n) is 6.99. The SMILES string of the molecule is O=C1CC2=CC=Cc3c4c(cc(O)c3=C2CO1)=CCCO4. The molecule has 1 fully saturated rings. The molecule has 1 aromatic rings. The number of rotatable bonds is 0. The van der Waals surface area contributed by atoms with Crippen LogP contribution < -0.4 is 15.2 Å². The minimum absolute atomic E-state index is 0.190. The van der Waals surface area contributed by atoms with Crippen molar-refractivity contribution in [1.29, 1.82) is 0 Å². The molecule has 0 saturated carbocycles. The van der Waals surface area contributed by atoms with Crippen LogP contribution in [0.5, 0.6) is 11.5 Å². The monoisotopic (exact) mass is 282 g/mol. The molecule has 0 amide bonds. The number of hydrogen-bond acceptors (Lipinski definition) is 4.